The number of para-hydroxylation sites is 1. The van der Waals surface area contributed by atoms with Crippen molar-refractivity contribution >= 4 is 11.6 Å². The molecule has 1 fully saturated rings. The Hall–Kier alpha value is -2.34. The first kappa shape index (κ1) is 18.5. The predicted octanol–water partition coefficient (Wildman–Crippen LogP) is 3.05. The van der Waals surface area contributed by atoms with Gasteiger partial charge in [0.2, 0.25) is 5.91 Å². The van der Waals surface area contributed by atoms with Gasteiger partial charge >= 0.3 is 0 Å². The molecular weight excluding hydrogens is 333 g/mol. The van der Waals surface area contributed by atoms with Gasteiger partial charge in [0.15, 0.2) is 0 Å². The lowest BCUT2D eigenvalue weighted by atomic mass is 10.1. The van der Waals surface area contributed by atoms with Crippen molar-refractivity contribution in [3.05, 3.63) is 54.2 Å². The van der Waals surface area contributed by atoms with Gasteiger partial charge < -0.3 is 14.6 Å². The van der Waals surface area contributed by atoms with Crippen LogP contribution in [0.5, 0.6) is 0 Å². The molecule has 1 aromatic heterocycles. The number of piperazine rings is 1. The molecule has 6 heteroatoms. The van der Waals surface area contributed by atoms with Crippen LogP contribution in [-0.2, 0) is 4.79 Å². The molecule has 1 aliphatic rings. The lowest BCUT2D eigenvalue weighted by Crippen LogP contribution is -2.50. The van der Waals surface area contributed by atoms with Crippen molar-refractivity contribution < 1.29 is 13.6 Å². The summed E-state index contributed by atoms with van der Waals surface area (Å²) in [6.45, 7) is 7.28. The third-order valence-corrected chi connectivity index (χ3v) is 4.81. The summed E-state index contributed by atoms with van der Waals surface area (Å²) < 4.78 is 19.6. The van der Waals surface area contributed by atoms with Crippen molar-refractivity contribution in [3.8, 4) is 0 Å². The zero-order valence-electron chi connectivity index (χ0n) is 15.3. The van der Waals surface area contributed by atoms with Crippen LogP contribution in [0.15, 0.2) is 47.1 Å². The minimum absolute atomic E-state index is 0.0181. The van der Waals surface area contributed by atoms with Gasteiger partial charge in [-0.1, -0.05) is 26.0 Å². The number of nitrogens with one attached hydrogen (secondary N) is 1. The van der Waals surface area contributed by atoms with E-state index in [2.05, 4.69) is 15.1 Å². The highest BCUT2D eigenvalue weighted by molar-refractivity contribution is 5.77. The van der Waals surface area contributed by atoms with Crippen LogP contribution in [0.25, 0.3) is 0 Å². The Morgan fingerprint density at radius 2 is 1.88 bits per heavy atom. The maximum atomic E-state index is 14.0. The van der Waals surface area contributed by atoms with Gasteiger partial charge in [-0.2, -0.15) is 0 Å². The first-order valence-electron chi connectivity index (χ1n) is 9.11. The number of carbonyl (C=O) groups is 1. The highest BCUT2D eigenvalue weighted by Gasteiger charge is 2.28. The van der Waals surface area contributed by atoms with Gasteiger partial charge in [0.25, 0.3) is 0 Å². The Balaban J connectivity index is 1.65. The number of hydrogen-bond acceptors (Lipinski definition) is 4. The molecule has 0 spiro atoms. The minimum Gasteiger partial charge on any atom is -0.468 e. The number of benzene rings is 1. The summed E-state index contributed by atoms with van der Waals surface area (Å²) in [5.41, 5.74) is 0.648. The molecule has 1 aromatic carbocycles. The molecule has 0 bridgehead atoms. The minimum atomic E-state index is -0.187. The quantitative estimate of drug-likeness (QED) is 0.861. The van der Waals surface area contributed by atoms with Crippen LogP contribution in [0.3, 0.4) is 0 Å². The van der Waals surface area contributed by atoms with Gasteiger partial charge in [-0.15, -0.1) is 0 Å². The normalized spacial score (nSPS) is 16.7. The maximum absolute atomic E-state index is 14.0. The van der Waals surface area contributed by atoms with Crippen molar-refractivity contribution in [1.29, 1.82) is 0 Å². The lowest BCUT2D eigenvalue weighted by molar-refractivity contribution is -0.124. The fourth-order valence-electron chi connectivity index (χ4n) is 3.27. The number of carbonyl (C=O) groups excluding carboxylic acids is 1. The Kier molecular flexibility index (Phi) is 5.93. The predicted molar refractivity (Wildman–Crippen MR) is 99.5 cm³/mol. The van der Waals surface area contributed by atoms with Crippen LogP contribution in [0, 0.1) is 11.7 Å². The summed E-state index contributed by atoms with van der Waals surface area (Å²) in [5, 5.41) is 3.01. The van der Waals surface area contributed by atoms with Gasteiger partial charge in [-0.3, -0.25) is 9.69 Å². The number of rotatable bonds is 6. The van der Waals surface area contributed by atoms with Crippen molar-refractivity contribution in [2.75, 3.05) is 37.6 Å². The van der Waals surface area contributed by atoms with Crippen molar-refractivity contribution in [3.63, 3.8) is 0 Å². The molecule has 2 heterocycles. The number of anilines is 1. The van der Waals surface area contributed by atoms with Gasteiger partial charge in [0.05, 0.1) is 18.0 Å². The largest absolute Gasteiger partial charge is 0.468 e. The van der Waals surface area contributed by atoms with Crippen molar-refractivity contribution in [1.82, 2.24) is 10.2 Å². The number of furan rings is 1. The first-order valence-corrected chi connectivity index (χ1v) is 9.11. The van der Waals surface area contributed by atoms with E-state index in [9.17, 15) is 9.18 Å². The van der Waals surface area contributed by atoms with E-state index in [-0.39, 0.29) is 23.7 Å². The smallest absolute Gasteiger partial charge is 0.222 e. The number of nitrogens with zero attached hydrogens (tertiary/aromatic N) is 2. The summed E-state index contributed by atoms with van der Waals surface area (Å²) in [6.07, 6.45) is 1.65. The number of hydrogen-bond donors (Lipinski definition) is 1. The van der Waals surface area contributed by atoms with E-state index in [0.29, 0.717) is 12.2 Å². The zero-order chi connectivity index (χ0) is 18.5. The summed E-state index contributed by atoms with van der Waals surface area (Å²) in [7, 11) is 0. The average Bonchev–Trinajstić information content (AvgIpc) is 3.17. The highest BCUT2D eigenvalue weighted by atomic mass is 19.1. The third-order valence-electron chi connectivity index (χ3n) is 4.81. The second kappa shape index (κ2) is 8.36. The molecule has 1 atom stereocenters. The second-order valence-corrected chi connectivity index (χ2v) is 6.91. The Bertz CT molecular complexity index is 710. The van der Waals surface area contributed by atoms with E-state index in [1.54, 1.807) is 12.3 Å². The summed E-state index contributed by atoms with van der Waals surface area (Å²) >= 11 is 0. The van der Waals surface area contributed by atoms with Crippen LogP contribution in [-0.4, -0.2) is 43.5 Å². The molecule has 1 amide bonds. The van der Waals surface area contributed by atoms with Gasteiger partial charge in [0, 0.05) is 38.6 Å². The standard InChI is InChI=1S/C20H26FN3O2/c1-15(2)20(25)22-14-18(19-8-5-13-26-19)24-11-9-23(10-12-24)17-7-4-3-6-16(17)21/h3-8,13,15,18H,9-12,14H2,1-2H3,(H,22,25). The molecular formula is C20H26FN3O2. The van der Waals surface area contributed by atoms with Gasteiger partial charge in [-0.05, 0) is 24.3 Å². The molecule has 1 aliphatic heterocycles. The summed E-state index contributed by atoms with van der Waals surface area (Å²) in [6, 6.07) is 10.7. The fraction of sp³-hybridized carbons (Fsp3) is 0.450. The molecule has 0 aliphatic carbocycles. The van der Waals surface area contributed by atoms with Crippen LogP contribution < -0.4 is 10.2 Å². The molecule has 3 rings (SSSR count). The van der Waals surface area contributed by atoms with E-state index in [1.807, 2.05) is 38.1 Å². The SMILES string of the molecule is CC(C)C(=O)NCC(c1ccco1)N1CCN(c2ccccc2F)CC1. The van der Waals surface area contributed by atoms with Crippen LogP contribution in [0.2, 0.25) is 0 Å². The van der Waals surface area contributed by atoms with E-state index in [4.69, 9.17) is 4.42 Å². The van der Waals surface area contributed by atoms with Crippen LogP contribution >= 0.6 is 0 Å². The van der Waals surface area contributed by atoms with Crippen LogP contribution in [0.1, 0.15) is 25.6 Å². The maximum Gasteiger partial charge on any atom is 0.222 e. The van der Waals surface area contributed by atoms with Gasteiger partial charge in [0.1, 0.15) is 11.6 Å². The number of halogens is 1. The molecule has 140 valence electrons. The zero-order valence-corrected chi connectivity index (χ0v) is 15.3. The average molecular weight is 359 g/mol. The molecule has 26 heavy (non-hydrogen) atoms. The molecule has 0 radical (unpaired) electrons. The molecule has 1 N–H and O–H groups in total. The third kappa shape index (κ3) is 4.25. The lowest BCUT2D eigenvalue weighted by Gasteiger charge is -2.39. The topological polar surface area (TPSA) is 48.7 Å². The van der Waals surface area contributed by atoms with E-state index in [0.717, 1.165) is 31.9 Å². The Morgan fingerprint density at radius 1 is 1.15 bits per heavy atom. The van der Waals surface area contributed by atoms with E-state index >= 15 is 0 Å². The molecule has 5 nitrogen and oxygen atoms in total. The summed E-state index contributed by atoms with van der Waals surface area (Å²) in [5.74, 6) is 0.637. The Morgan fingerprint density at radius 3 is 2.50 bits per heavy atom. The first-order chi connectivity index (χ1) is 12.6. The Labute approximate surface area is 153 Å². The highest BCUT2D eigenvalue weighted by Crippen LogP contribution is 2.25. The van der Waals surface area contributed by atoms with Crippen LogP contribution in [0.4, 0.5) is 10.1 Å². The monoisotopic (exact) mass is 359 g/mol. The molecule has 0 saturated carbocycles. The molecule has 1 saturated heterocycles. The van der Waals surface area contributed by atoms with E-state index < -0.39 is 0 Å². The second-order valence-electron chi connectivity index (χ2n) is 6.91. The molecule has 1 unspecified atom stereocenters. The summed E-state index contributed by atoms with van der Waals surface area (Å²) in [4.78, 5) is 16.3. The fourth-order valence-corrected chi connectivity index (χ4v) is 3.27. The van der Waals surface area contributed by atoms with Crippen molar-refractivity contribution in [2.24, 2.45) is 5.92 Å². The number of amides is 1. The van der Waals surface area contributed by atoms with Crippen molar-refractivity contribution in [2.45, 2.75) is 19.9 Å². The molecule has 2 aromatic rings. The van der Waals surface area contributed by atoms with Gasteiger partial charge in [-0.25, -0.2) is 4.39 Å². The van der Waals surface area contributed by atoms with E-state index in [1.165, 1.54) is 6.07 Å².